The molecule has 164 valence electrons. The Balaban J connectivity index is 1.83. The van der Waals surface area contributed by atoms with Crippen LogP contribution in [-0.4, -0.2) is 43.5 Å². The number of amides is 1. The lowest BCUT2D eigenvalue weighted by Crippen LogP contribution is -2.68. The van der Waals surface area contributed by atoms with E-state index in [4.69, 9.17) is 14.2 Å². The Hall–Kier alpha value is -0.843. The number of thioether (sulfide) groups is 1. The minimum atomic E-state index is -1.95. The number of rotatable bonds is 5. The van der Waals surface area contributed by atoms with E-state index in [1.165, 1.54) is 4.91 Å². The van der Waals surface area contributed by atoms with E-state index < -0.39 is 8.32 Å². The summed E-state index contributed by atoms with van der Waals surface area (Å²) in [7, 11) is -0.301. The van der Waals surface area contributed by atoms with Crippen molar-refractivity contribution < 1.29 is 14.0 Å². The van der Waals surface area contributed by atoms with Crippen LogP contribution in [0, 0.1) is 5.92 Å². The fraction of sp³-hybridized carbons (Fsp3) is 0.545. The van der Waals surface area contributed by atoms with Crippen LogP contribution < -0.4 is 4.74 Å². The van der Waals surface area contributed by atoms with E-state index >= 15 is 0 Å². The summed E-state index contributed by atoms with van der Waals surface area (Å²) >= 11 is 3.86. The molecule has 1 aromatic carbocycles. The van der Waals surface area contributed by atoms with Crippen LogP contribution >= 0.6 is 34.4 Å². The maximum Gasteiger partial charge on any atom is 0.236 e. The summed E-state index contributed by atoms with van der Waals surface area (Å²) < 4.78 is 13.9. The van der Waals surface area contributed by atoms with Crippen LogP contribution in [0.25, 0.3) is 0 Å². The second kappa shape index (κ2) is 8.95. The predicted octanol–water partition coefficient (Wildman–Crippen LogP) is 6.33. The van der Waals surface area contributed by atoms with Gasteiger partial charge in [0.2, 0.25) is 5.91 Å². The number of nitrogens with zero attached hydrogens (tertiary/aromatic N) is 2. The van der Waals surface area contributed by atoms with E-state index in [0.717, 1.165) is 23.0 Å². The SMILES string of the molecule is COc1ccc(N=C2S/C(=C/I)C[C@@H]3[C@@H]([C@@H](C)O[Si](C)(C)C(C)(C)C)C(=O)N23)cc1. The first kappa shape index (κ1) is 23.8. The van der Waals surface area contributed by atoms with Crippen molar-refractivity contribution in [3.63, 3.8) is 0 Å². The number of β-lactam (4-membered cyclic amide) rings is 1. The van der Waals surface area contributed by atoms with E-state index in [2.05, 4.69) is 67.5 Å². The molecule has 0 aliphatic carbocycles. The lowest BCUT2D eigenvalue weighted by molar-refractivity contribution is -0.154. The van der Waals surface area contributed by atoms with Crippen LogP contribution in [0.4, 0.5) is 5.69 Å². The summed E-state index contributed by atoms with van der Waals surface area (Å²) in [5.41, 5.74) is 0.813. The van der Waals surface area contributed by atoms with E-state index in [0.29, 0.717) is 0 Å². The van der Waals surface area contributed by atoms with Crippen molar-refractivity contribution in [1.29, 1.82) is 0 Å². The van der Waals surface area contributed by atoms with E-state index in [9.17, 15) is 4.79 Å². The molecule has 0 unspecified atom stereocenters. The molecule has 2 aliphatic rings. The molecule has 5 nitrogen and oxygen atoms in total. The number of hydrogen-bond donors (Lipinski definition) is 0. The highest BCUT2D eigenvalue weighted by Gasteiger charge is 2.56. The molecule has 2 aliphatic heterocycles. The first-order chi connectivity index (χ1) is 14.0. The topological polar surface area (TPSA) is 51.1 Å². The molecule has 0 saturated carbocycles. The van der Waals surface area contributed by atoms with Crippen molar-refractivity contribution in [1.82, 2.24) is 4.90 Å². The Morgan fingerprint density at radius 3 is 2.47 bits per heavy atom. The molecule has 3 atom stereocenters. The zero-order valence-corrected chi connectivity index (χ0v) is 22.7. The van der Waals surface area contributed by atoms with Crippen molar-refractivity contribution in [2.75, 3.05) is 7.11 Å². The average Bonchev–Trinajstić information content (AvgIpc) is 2.66. The first-order valence-electron chi connectivity index (χ1n) is 10.2. The van der Waals surface area contributed by atoms with Gasteiger partial charge in [0.25, 0.3) is 0 Å². The fourth-order valence-electron chi connectivity index (χ4n) is 3.57. The van der Waals surface area contributed by atoms with E-state index in [1.54, 1.807) is 18.9 Å². The largest absolute Gasteiger partial charge is 0.497 e. The highest BCUT2D eigenvalue weighted by molar-refractivity contribution is 14.1. The molecule has 0 aromatic heterocycles. The molecule has 2 heterocycles. The Morgan fingerprint density at radius 1 is 1.30 bits per heavy atom. The maximum atomic E-state index is 13.2. The van der Waals surface area contributed by atoms with Gasteiger partial charge in [-0.05, 0) is 53.4 Å². The van der Waals surface area contributed by atoms with Crippen LogP contribution in [0.2, 0.25) is 18.1 Å². The maximum absolute atomic E-state index is 13.2. The quantitative estimate of drug-likeness (QED) is 0.241. The third-order valence-electron chi connectivity index (χ3n) is 6.32. The van der Waals surface area contributed by atoms with Gasteiger partial charge < -0.3 is 9.16 Å². The number of fused-ring (bicyclic) bond motifs is 1. The standard InChI is InChI=1S/C22H31IN2O3SSi/c1-14(28-30(6,7)22(2,3)4)19-18-12-17(13-23)29-21(25(18)20(19)26)24-15-8-10-16(27-5)11-9-15/h8-11,13-14,18-19H,12H2,1-7H3/b17-13+,24-21?/t14-,18-,19-/m1/s1. The van der Waals surface area contributed by atoms with Crippen molar-refractivity contribution in [3.05, 3.63) is 33.3 Å². The summed E-state index contributed by atoms with van der Waals surface area (Å²) in [5.74, 6) is 0.795. The Morgan fingerprint density at radius 2 is 1.93 bits per heavy atom. The van der Waals surface area contributed by atoms with Crippen LogP contribution in [0.1, 0.15) is 34.1 Å². The lowest BCUT2D eigenvalue weighted by Gasteiger charge is -2.53. The highest BCUT2D eigenvalue weighted by Crippen LogP contribution is 2.47. The zero-order valence-electron chi connectivity index (χ0n) is 18.7. The summed E-state index contributed by atoms with van der Waals surface area (Å²) in [4.78, 5) is 21.1. The van der Waals surface area contributed by atoms with Gasteiger partial charge in [-0.1, -0.05) is 55.1 Å². The average molecular weight is 559 g/mol. The number of carbonyl (C=O) groups excluding carboxylic acids is 1. The minimum absolute atomic E-state index is 0.0968. The van der Waals surface area contributed by atoms with Gasteiger partial charge in [-0.2, -0.15) is 0 Å². The van der Waals surface area contributed by atoms with Crippen molar-refractivity contribution in [2.24, 2.45) is 10.9 Å². The van der Waals surface area contributed by atoms with Crippen LogP contribution in [0.3, 0.4) is 0 Å². The molecule has 1 amide bonds. The summed E-state index contributed by atoms with van der Waals surface area (Å²) in [6.45, 7) is 13.2. The van der Waals surface area contributed by atoms with Gasteiger partial charge in [0.05, 0.1) is 30.9 Å². The number of halogens is 1. The van der Waals surface area contributed by atoms with Crippen molar-refractivity contribution >= 4 is 59.4 Å². The molecular formula is C22H31IN2O3SSi. The molecule has 0 bridgehead atoms. The molecule has 30 heavy (non-hydrogen) atoms. The van der Waals surface area contributed by atoms with E-state index in [1.807, 2.05) is 29.2 Å². The van der Waals surface area contributed by atoms with Gasteiger partial charge in [-0.3, -0.25) is 9.69 Å². The second-order valence-corrected chi connectivity index (χ2v) is 15.8. The van der Waals surface area contributed by atoms with Gasteiger partial charge in [0, 0.05) is 11.3 Å². The highest BCUT2D eigenvalue weighted by atomic mass is 127. The molecular weight excluding hydrogens is 527 g/mol. The van der Waals surface area contributed by atoms with Crippen LogP contribution in [-0.2, 0) is 9.22 Å². The number of methoxy groups -OCH3 is 1. The van der Waals surface area contributed by atoms with Gasteiger partial charge in [-0.25, -0.2) is 4.99 Å². The smallest absolute Gasteiger partial charge is 0.236 e. The predicted molar refractivity (Wildman–Crippen MR) is 136 cm³/mol. The Labute approximate surface area is 199 Å². The molecule has 8 heteroatoms. The van der Waals surface area contributed by atoms with Gasteiger partial charge >= 0.3 is 0 Å². The summed E-state index contributed by atoms with van der Waals surface area (Å²) in [5, 5.41) is 0.866. The Bertz CT molecular complexity index is 864. The van der Waals surface area contributed by atoms with Crippen LogP contribution in [0.15, 0.2) is 38.2 Å². The van der Waals surface area contributed by atoms with E-state index in [-0.39, 0.29) is 29.0 Å². The number of aliphatic imine (C=N–C) groups is 1. The molecule has 1 aromatic rings. The fourth-order valence-corrected chi connectivity index (χ4v) is 6.65. The number of carbonyl (C=O) groups is 1. The second-order valence-electron chi connectivity index (χ2n) is 9.36. The number of amidine groups is 1. The molecule has 3 rings (SSSR count). The molecule has 0 spiro atoms. The molecule has 2 fully saturated rings. The number of benzene rings is 1. The zero-order chi connectivity index (χ0) is 22.3. The summed E-state index contributed by atoms with van der Waals surface area (Å²) in [6, 6.07) is 7.70. The van der Waals surface area contributed by atoms with Gasteiger partial charge in [0.15, 0.2) is 13.5 Å². The van der Waals surface area contributed by atoms with Gasteiger partial charge in [0.1, 0.15) is 5.75 Å². The van der Waals surface area contributed by atoms with Crippen molar-refractivity contribution in [2.45, 2.75) is 64.4 Å². The summed E-state index contributed by atoms with van der Waals surface area (Å²) in [6.07, 6.45) is 0.761. The monoisotopic (exact) mass is 558 g/mol. The normalized spacial score (nSPS) is 25.9. The molecule has 0 N–H and O–H groups in total. The van der Waals surface area contributed by atoms with Crippen molar-refractivity contribution in [3.8, 4) is 5.75 Å². The minimum Gasteiger partial charge on any atom is -0.497 e. The number of ether oxygens (including phenoxy) is 1. The third kappa shape index (κ3) is 4.66. The third-order valence-corrected chi connectivity index (χ3v) is 13.1. The Kier molecular flexibility index (Phi) is 7.11. The van der Waals surface area contributed by atoms with Crippen LogP contribution in [0.5, 0.6) is 5.75 Å². The number of hydrogen-bond acceptors (Lipinski definition) is 5. The molecule has 0 radical (unpaired) electrons. The lowest BCUT2D eigenvalue weighted by atomic mass is 9.81. The first-order valence-corrected chi connectivity index (χ1v) is 15.2. The molecule has 2 saturated heterocycles. The van der Waals surface area contributed by atoms with Gasteiger partial charge in [-0.15, -0.1) is 0 Å².